The fourth-order valence-corrected chi connectivity index (χ4v) is 5.56. The fraction of sp³-hybridized carbons (Fsp3) is 0.250. The van der Waals surface area contributed by atoms with Gasteiger partial charge in [0.25, 0.3) is 10.0 Å². The van der Waals surface area contributed by atoms with Crippen molar-refractivity contribution in [2.24, 2.45) is 0 Å². The summed E-state index contributed by atoms with van der Waals surface area (Å²) in [5.41, 5.74) is 3.45. The lowest BCUT2D eigenvalue weighted by molar-refractivity contribution is 0.585. The van der Waals surface area contributed by atoms with Crippen LogP contribution in [-0.2, 0) is 16.6 Å². The molecule has 0 aliphatic carbocycles. The maximum absolute atomic E-state index is 14.1. The highest BCUT2D eigenvalue weighted by atomic mass is 79.9. The number of nitrogens with zero attached hydrogens (tertiary/aromatic N) is 2. The van der Waals surface area contributed by atoms with Crippen LogP contribution in [0.4, 0.5) is 10.2 Å². The molecule has 9 heteroatoms. The normalized spacial score (nSPS) is 11.7. The van der Waals surface area contributed by atoms with Crippen molar-refractivity contribution in [1.29, 1.82) is 0 Å². The van der Waals surface area contributed by atoms with Gasteiger partial charge in [0.15, 0.2) is 5.82 Å². The summed E-state index contributed by atoms with van der Waals surface area (Å²) in [7, 11) is -3.87. The van der Waals surface area contributed by atoms with Crippen molar-refractivity contribution in [2.75, 3.05) is 4.72 Å². The average Bonchev–Trinajstić information content (AvgIpc) is 2.95. The first-order valence-corrected chi connectivity index (χ1v) is 11.4. The second-order valence-electron chi connectivity index (χ2n) is 6.92. The molecule has 0 unspecified atom stereocenters. The van der Waals surface area contributed by atoms with Gasteiger partial charge in [-0.1, -0.05) is 23.7 Å². The Kier molecular flexibility index (Phi) is 6.08. The van der Waals surface area contributed by atoms with E-state index in [1.54, 1.807) is 26.1 Å². The first-order chi connectivity index (χ1) is 13.5. The number of aryl methyl sites for hydroxylation is 2. The van der Waals surface area contributed by atoms with Gasteiger partial charge in [0, 0.05) is 16.8 Å². The smallest absolute Gasteiger partial charge is 0.263 e. The molecule has 0 aliphatic heterocycles. The summed E-state index contributed by atoms with van der Waals surface area (Å²) in [5.74, 6) is -0.330. The van der Waals surface area contributed by atoms with Crippen molar-refractivity contribution >= 4 is 43.4 Å². The minimum atomic E-state index is -3.87. The van der Waals surface area contributed by atoms with E-state index in [0.717, 1.165) is 11.1 Å². The molecule has 1 heterocycles. The van der Waals surface area contributed by atoms with Crippen LogP contribution in [-0.4, -0.2) is 18.2 Å². The lowest BCUT2D eigenvalue weighted by Crippen LogP contribution is -2.18. The Morgan fingerprint density at radius 2 is 1.79 bits per heavy atom. The minimum Gasteiger partial charge on any atom is -0.265 e. The SMILES string of the molecule is Cc1cc(C)c(C)c(S(=O)(=O)Nc2nn(Cc3c(F)cccc3Cl)cc2Br)c1C. The third-order valence-corrected chi connectivity index (χ3v) is 7.44. The Morgan fingerprint density at radius 3 is 2.38 bits per heavy atom. The number of sulfonamides is 1. The van der Waals surface area contributed by atoms with Crippen molar-refractivity contribution in [3.8, 4) is 0 Å². The molecule has 1 aromatic heterocycles. The van der Waals surface area contributed by atoms with Crippen LogP contribution in [0.3, 0.4) is 0 Å². The van der Waals surface area contributed by atoms with E-state index >= 15 is 0 Å². The molecular formula is C20H20BrClFN3O2S. The molecule has 0 spiro atoms. The number of rotatable bonds is 5. The molecule has 2 aromatic carbocycles. The zero-order chi connectivity index (χ0) is 21.5. The Morgan fingerprint density at radius 1 is 1.17 bits per heavy atom. The molecule has 29 heavy (non-hydrogen) atoms. The highest BCUT2D eigenvalue weighted by molar-refractivity contribution is 9.10. The van der Waals surface area contributed by atoms with Crippen LogP contribution < -0.4 is 4.72 Å². The number of benzene rings is 2. The third-order valence-electron chi connectivity index (χ3n) is 4.90. The third kappa shape index (κ3) is 4.34. The van der Waals surface area contributed by atoms with Gasteiger partial charge in [0.05, 0.1) is 15.9 Å². The minimum absolute atomic E-state index is 0.0629. The Labute approximate surface area is 183 Å². The topological polar surface area (TPSA) is 64.0 Å². The summed E-state index contributed by atoms with van der Waals surface area (Å²) in [6.07, 6.45) is 1.57. The molecule has 0 aliphatic rings. The molecule has 0 bridgehead atoms. The number of halogens is 3. The molecule has 0 radical (unpaired) electrons. The predicted octanol–water partition coefficient (Wildman–Crippen LogP) is 5.52. The fourth-order valence-electron chi connectivity index (χ4n) is 3.15. The van der Waals surface area contributed by atoms with E-state index in [-0.39, 0.29) is 27.8 Å². The van der Waals surface area contributed by atoms with Crippen molar-refractivity contribution in [3.05, 3.63) is 73.6 Å². The number of aromatic nitrogens is 2. The average molecular weight is 501 g/mol. The van der Waals surface area contributed by atoms with E-state index in [4.69, 9.17) is 11.6 Å². The molecule has 0 saturated heterocycles. The molecule has 0 amide bonds. The lowest BCUT2D eigenvalue weighted by Gasteiger charge is -2.16. The molecule has 1 N–H and O–H groups in total. The van der Waals surface area contributed by atoms with E-state index in [1.807, 2.05) is 19.9 Å². The molecular weight excluding hydrogens is 481 g/mol. The van der Waals surface area contributed by atoms with Crippen molar-refractivity contribution in [3.63, 3.8) is 0 Å². The first-order valence-electron chi connectivity index (χ1n) is 8.77. The standard InChI is InChI=1S/C20H20BrClFN3O2S/c1-11-8-12(2)14(4)19(13(11)3)29(27,28)25-20-16(21)10-26(24-20)9-15-17(22)6-5-7-18(15)23/h5-8,10H,9H2,1-4H3,(H,24,25). The van der Waals surface area contributed by atoms with Gasteiger partial charge in [0.1, 0.15) is 5.82 Å². The summed E-state index contributed by atoms with van der Waals surface area (Å²) >= 11 is 9.39. The Hall–Kier alpha value is -1.90. The van der Waals surface area contributed by atoms with Crippen LogP contribution in [0.2, 0.25) is 5.02 Å². The van der Waals surface area contributed by atoms with Crippen LogP contribution in [0.15, 0.2) is 39.8 Å². The van der Waals surface area contributed by atoms with Crippen molar-refractivity contribution < 1.29 is 12.8 Å². The highest BCUT2D eigenvalue weighted by Crippen LogP contribution is 2.30. The summed E-state index contributed by atoms with van der Waals surface area (Å²) < 4.78 is 44.7. The predicted molar refractivity (Wildman–Crippen MR) is 117 cm³/mol. The van der Waals surface area contributed by atoms with Crippen molar-refractivity contribution in [2.45, 2.75) is 39.1 Å². The second kappa shape index (κ2) is 8.08. The number of nitrogens with one attached hydrogen (secondary N) is 1. The highest BCUT2D eigenvalue weighted by Gasteiger charge is 2.24. The molecule has 3 aromatic rings. The maximum atomic E-state index is 14.1. The zero-order valence-corrected chi connectivity index (χ0v) is 19.5. The van der Waals surface area contributed by atoms with Crippen LogP contribution in [0.5, 0.6) is 0 Å². The summed E-state index contributed by atoms with van der Waals surface area (Å²) in [4.78, 5) is 0.244. The zero-order valence-electron chi connectivity index (χ0n) is 16.3. The van der Waals surface area contributed by atoms with Gasteiger partial charge in [-0.05, 0) is 78.0 Å². The van der Waals surface area contributed by atoms with Gasteiger partial charge in [-0.3, -0.25) is 9.40 Å². The second-order valence-corrected chi connectivity index (χ2v) is 9.80. The van der Waals surface area contributed by atoms with Crippen LogP contribution in [0.25, 0.3) is 0 Å². The molecule has 0 saturated carbocycles. The summed E-state index contributed by atoms with van der Waals surface area (Å²) in [6, 6.07) is 6.39. The van der Waals surface area contributed by atoms with Gasteiger partial charge in [-0.2, -0.15) is 5.10 Å². The number of anilines is 1. The molecule has 5 nitrogen and oxygen atoms in total. The maximum Gasteiger partial charge on any atom is 0.263 e. The Bertz CT molecular complexity index is 1160. The monoisotopic (exact) mass is 499 g/mol. The van der Waals surface area contributed by atoms with Crippen LogP contribution in [0.1, 0.15) is 27.8 Å². The van der Waals surface area contributed by atoms with Gasteiger partial charge in [-0.15, -0.1) is 0 Å². The molecule has 3 rings (SSSR count). The van der Waals surface area contributed by atoms with Gasteiger partial charge < -0.3 is 0 Å². The molecule has 154 valence electrons. The van der Waals surface area contributed by atoms with Crippen molar-refractivity contribution in [1.82, 2.24) is 9.78 Å². The van der Waals surface area contributed by atoms with Gasteiger partial charge >= 0.3 is 0 Å². The molecule has 0 fully saturated rings. The molecule has 0 atom stereocenters. The van der Waals surface area contributed by atoms with E-state index in [9.17, 15) is 12.8 Å². The number of hydrogen-bond donors (Lipinski definition) is 1. The van der Waals surface area contributed by atoms with Gasteiger partial charge in [0.2, 0.25) is 0 Å². The van der Waals surface area contributed by atoms with E-state index in [0.29, 0.717) is 15.6 Å². The Balaban J connectivity index is 1.96. The van der Waals surface area contributed by atoms with Crippen LogP contribution >= 0.6 is 27.5 Å². The quantitative estimate of drug-likeness (QED) is 0.502. The lowest BCUT2D eigenvalue weighted by atomic mass is 10.0. The van der Waals surface area contributed by atoms with Crippen LogP contribution in [0, 0.1) is 33.5 Å². The number of hydrogen-bond acceptors (Lipinski definition) is 3. The van der Waals surface area contributed by atoms with E-state index in [2.05, 4.69) is 25.8 Å². The van der Waals surface area contributed by atoms with E-state index in [1.165, 1.54) is 16.8 Å². The largest absolute Gasteiger partial charge is 0.265 e. The first kappa shape index (κ1) is 21.8. The van der Waals surface area contributed by atoms with E-state index < -0.39 is 15.8 Å². The van der Waals surface area contributed by atoms with Gasteiger partial charge in [-0.25, -0.2) is 12.8 Å². The summed E-state index contributed by atoms with van der Waals surface area (Å²) in [5, 5.41) is 4.53. The summed E-state index contributed by atoms with van der Waals surface area (Å²) in [6.45, 7) is 7.38.